The molecular formula is C14H22N2O3S. The SMILES string of the molecule is COc1c(C)cc(C)cc1S(=O)(=O)N1CCCC(N)C1. The zero-order valence-corrected chi connectivity index (χ0v) is 13.0. The molecule has 6 heteroatoms. The van der Waals surface area contributed by atoms with Crippen LogP contribution in [0.15, 0.2) is 17.0 Å². The van der Waals surface area contributed by atoms with Gasteiger partial charge in [-0.2, -0.15) is 4.31 Å². The minimum Gasteiger partial charge on any atom is -0.495 e. The van der Waals surface area contributed by atoms with Gasteiger partial charge in [-0.1, -0.05) is 6.07 Å². The third kappa shape index (κ3) is 2.82. The molecule has 0 spiro atoms. The number of nitrogens with zero attached hydrogens (tertiary/aromatic N) is 1. The van der Waals surface area contributed by atoms with E-state index in [1.165, 1.54) is 11.4 Å². The molecule has 2 rings (SSSR count). The Labute approximate surface area is 120 Å². The van der Waals surface area contributed by atoms with Crippen molar-refractivity contribution in [3.05, 3.63) is 23.3 Å². The van der Waals surface area contributed by atoms with E-state index in [0.29, 0.717) is 18.8 Å². The lowest BCUT2D eigenvalue weighted by Gasteiger charge is -2.30. The van der Waals surface area contributed by atoms with Crippen LogP contribution in [0, 0.1) is 13.8 Å². The zero-order chi connectivity index (χ0) is 14.9. The molecule has 1 unspecified atom stereocenters. The van der Waals surface area contributed by atoms with Crippen molar-refractivity contribution in [2.75, 3.05) is 20.2 Å². The van der Waals surface area contributed by atoms with Crippen molar-refractivity contribution in [1.29, 1.82) is 0 Å². The molecule has 5 nitrogen and oxygen atoms in total. The van der Waals surface area contributed by atoms with Gasteiger partial charge in [-0.3, -0.25) is 0 Å². The number of aryl methyl sites for hydroxylation is 2. The fourth-order valence-electron chi connectivity index (χ4n) is 2.70. The highest BCUT2D eigenvalue weighted by atomic mass is 32.2. The maximum atomic E-state index is 12.8. The van der Waals surface area contributed by atoms with Crippen molar-refractivity contribution < 1.29 is 13.2 Å². The molecule has 1 aromatic carbocycles. The summed E-state index contributed by atoms with van der Waals surface area (Å²) in [6.45, 7) is 4.63. The molecule has 0 aliphatic carbocycles. The molecule has 0 amide bonds. The highest BCUT2D eigenvalue weighted by Gasteiger charge is 2.31. The summed E-state index contributed by atoms with van der Waals surface area (Å²) in [6, 6.07) is 3.50. The van der Waals surface area contributed by atoms with Crippen LogP contribution < -0.4 is 10.5 Å². The summed E-state index contributed by atoms with van der Waals surface area (Å²) in [5, 5.41) is 0. The Hall–Kier alpha value is -1.11. The Morgan fingerprint density at radius 3 is 2.65 bits per heavy atom. The fourth-order valence-corrected chi connectivity index (χ4v) is 4.55. The molecule has 2 N–H and O–H groups in total. The number of methoxy groups -OCH3 is 1. The maximum absolute atomic E-state index is 12.8. The van der Waals surface area contributed by atoms with Crippen molar-refractivity contribution in [1.82, 2.24) is 4.31 Å². The summed E-state index contributed by atoms with van der Waals surface area (Å²) in [6.07, 6.45) is 1.67. The Kier molecular flexibility index (Phi) is 4.36. The van der Waals surface area contributed by atoms with E-state index in [1.807, 2.05) is 19.9 Å². The molecule has 1 aliphatic rings. The molecule has 20 heavy (non-hydrogen) atoms. The highest BCUT2D eigenvalue weighted by Crippen LogP contribution is 2.32. The molecule has 0 saturated carbocycles. The van der Waals surface area contributed by atoms with E-state index in [1.54, 1.807) is 6.07 Å². The third-order valence-electron chi connectivity index (χ3n) is 3.63. The summed E-state index contributed by atoms with van der Waals surface area (Å²) in [4.78, 5) is 0.242. The number of nitrogens with two attached hydrogens (primary N) is 1. The average molecular weight is 298 g/mol. The predicted octanol–water partition coefficient (Wildman–Crippen LogP) is 1.42. The normalized spacial score (nSPS) is 20.9. The van der Waals surface area contributed by atoms with Crippen LogP contribution in [-0.4, -0.2) is 39.0 Å². The molecule has 112 valence electrons. The first kappa shape index (κ1) is 15.3. The lowest BCUT2D eigenvalue weighted by atomic mass is 10.1. The Bertz CT molecular complexity index is 599. The van der Waals surface area contributed by atoms with E-state index < -0.39 is 10.0 Å². The van der Waals surface area contributed by atoms with Crippen LogP contribution in [-0.2, 0) is 10.0 Å². The van der Waals surface area contributed by atoms with E-state index in [9.17, 15) is 8.42 Å². The summed E-state index contributed by atoms with van der Waals surface area (Å²) < 4.78 is 32.4. The van der Waals surface area contributed by atoms with E-state index in [2.05, 4.69) is 0 Å². The quantitative estimate of drug-likeness (QED) is 0.916. The van der Waals surface area contributed by atoms with Gasteiger partial charge in [0.15, 0.2) is 0 Å². The van der Waals surface area contributed by atoms with Crippen LogP contribution in [0.4, 0.5) is 0 Å². The van der Waals surface area contributed by atoms with Crippen molar-refractivity contribution in [3.8, 4) is 5.75 Å². The van der Waals surface area contributed by atoms with E-state index >= 15 is 0 Å². The summed E-state index contributed by atoms with van der Waals surface area (Å²) >= 11 is 0. The molecule has 1 heterocycles. The number of ether oxygens (including phenoxy) is 1. The number of hydrogen-bond donors (Lipinski definition) is 1. The molecule has 1 aromatic rings. The molecule has 0 bridgehead atoms. The van der Waals surface area contributed by atoms with Gasteiger partial charge in [0.1, 0.15) is 10.6 Å². The molecular weight excluding hydrogens is 276 g/mol. The van der Waals surface area contributed by atoms with Gasteiger partial charge in [-0.15, -0.1) is 0 Å². The maximum Gasteiger partial charge on any atom is 0.246 e. The first-order chi connectivity index (χ1) is 9.36. The van der Waals surface area contributed by atoms with Crippen LogP contribution in [0.2, 0.25) is 0 Å². The smallest absolute Gasteiger partial charge is 0.246 e. The second-order valence-corrected chi connectivity index (χ2v) is 7.28. The minimum absolute atomic E-state index is 0.0876. The van der Waals surface area contributed by atoms with E-state index in [0.717, 1.165) is 24.0 Å². The van der Waals surface area contributed by atoms with Gasteiger partial charge in [-0.25, -0.2) is 8.42 Å². The standard InChI is InChI=1S/C14H22N2O3S/c1-10-7-11(2)14(19-3)13(8-10)20(17,18)16-6-4-5-12(15)9-16/h7-8,12H,4-6,9,15H2,1-3H3. The minimum atomic E-state index is -3.55. The van der Waals surface area contributed by atoms with Gasteiger partial charge < -0.3 is 10.5 Å². The topological polar surface area (TPSA) is 72.6 Å². The van der Waals surface area contributed by atoms with E-state index in [4.69, 9.17) is 10.5 Å². The first-order valence-electron chi connectivity index (χ1n) is 6.77. The lowest BCUT2D eigenvalue weighted by Crippen LogP contribution is -2.45. The monoisotopic (exact) mass is 298 g/mol. The summed E-state index contributed by atoms with van der Waals surface area (Å²) in [5.41, 5.74) is 7.62. The van der Waals surface area contributed by atoms with Crippen LogP contribution in [0.1, 0.15) is 24.0 Å². The van der Waals surface area contributed by atoms with Gasteiger partial charge in [0.25, 0.3) is 0 Å². The van der Waals surface area contributed by atoms with E-state index in [-0.39, 0.29) is 10.9 Å². The van der Waals surface area contributed by atoms with Gasteiger partial charge in [0, 0.05) is 19.1 Å². The Balaban J connectivity index is 2.48. The number of hydrogen-bond acceptors (Lipinski definition) is 4. The van der Waals surface area contributed by atoms with Crippen LogP contribution in [0.25, 0.3) is 0 Å². The Morgan fingerprint density at radius 1 is 1.35 bits per heavy atom. The van der Waals surface area contributed by atoms with Crippen molar-refractivity contribution in [2.24, 2.45) is 5.73 Å². The second-order valence-electron chi connectivity index (χ2n) is 5.38. The first-order valence-corrected chi connectivity index (χ1v) is 8.21. The van der Waals surface area contributed by atoms with Crippen molar-refractivity contribution in [2.45, 2.75) is 37.6 Å². The Morgan fingerprint density at radius 2 is 2.05 bits per heavy atom. The molecule has 0 aromatic heterocycles. The summed E-state index contributed by atoms with van der Waals surface area (Å²) in [7, 11) is -2.06. The highest BCUT2D eigenvalue weighted by molar-refractivity contribution is 7.89. The lowest BCUT2D eigenvalue weighted by molar-refractivity contribution is 0.314. The van der Waals surface area contributed by atoms with Gasteiger partial charge in [-0.05, 0) is 43.9 Å². The van der Waals surface area contributed by atoms with Crippen LogP contribution in [0.3, 0.4) is 0 Å². The number of sulfonamides is 1. The largest absolute Gasteiger partial charge is 0.495 e. The number of piperidine rings is 1. The zero-order valence-electron chi connectivity index (χ0n) is 12.2. The van der Waals surface area contributed by atoms with Gasteiger partial charge >= 0.3 is 0 Å². The third-order valence-corrected chi connectivity index (χ3v) is 5.50. The predicted molar refractivity (Wildman–Crippen MR) is 78.4 cm³/mol. The number of rotatable bonds is 3. The van der Waals surface area contributed by atoms with Crippen LogP contribution in [0.5, 0.6) is 5.75 Å². The van der Waals surface area contributed by atoms with Crippen molar-refractivity contribution >= 4 is 10.0 Å². The van der Waals surface area contributed by atoms with Crippen molar-refractivity contribution in [3.63, 3.8) is 0 Å². The molecule has 1 atom stereocenters. The average Bonchev–Trinajstić information content (AvgIpc) is 2.38. The molecule has 1 aliphatic heterocycles. The second kappa shape index (κ2) is 5.71. The molecule has 1 fully saturated rings. The fraction of sp³-hybridized carbons (Fsp3) is 0.571. The molecule has 1 saturated heterocycles. The van der Waals surface area contributed by atoms with Crippen LogP contribution >= 0.6 is 0 Å². The molecule has 0 radical (unpaired) electrons. The summed E-state index contributed by atoms with van der Waals surface area (Å²) in [5.74, 6) is 0.426. The number of benzene rings is 1. The van der Waals surface area contributed by atoms with Gasteiger partial charge in [0.05, 0.1) is 7.11 Å². The van der Waals surface area contributed by atoms with Gasteiger partial charge in [0.2, 0.25) is 10.0 Å².